The molecule has 1 aromatic heterocycles. The summed E-state index contributed by atoms with van der Waals surface area (Å²) in [4.78, 5) is 10.3. The van der Waals surface area contributed by atoms with E-state index in [0.29, 0.717) is 18.6 Å². The molecule has 0 amide bonds. The molecule has 0 N–H and O–H groups in total. The number of nitrogens with zero attached hydrogens (tertiary/aromatic N) is 2. The van der Waals surface area contributed by atoms with Gasteiger partial charge in [-0.1, -0.05) is 30.3 Å². The Kier molecular flexibility index (Phi) is 4.58. The summed E-state index contributed by atoms with van der Waals surface area (Å²) in [6.07, 6.45) is 4.50. The third-order valence-electron chi connectivity index (χ3n) is 2.79. The fraction of sp³-hybridized carbons (Fsp3) is 0.200. The van der Waals surface area contributed by atoms with E-state index in [1.165, 1.54) is 0 Å². The molecule has 1 aromatic carbocycles. The molecular weight excluding hydrogens is 276 g/mol. The van der Waals surface area contributed by atoms with Crippen LogP contribution in [0.5, 0.6) is 0 Å². The maximum atomic E-state index is 10.3. The number of esters is 1. The average molecular weight is 291 g/mol. The summed E-state index contributed by atoms with van der Waals surface area (Å²) in [5.74, 6) is -0.236. The highest BCUT2D eigenvalue weighted by Gasteiger charge is 2.14. The molecule has 1 aliphatic heterocycles. The van der Waals surface area contributed by atoms with Crippen molar-refractivity contribution < 1.29 is 9.53 Å². The molecule has 2 aromatic rings. The third kappa shape index (κ3) is 3.71. The van der Waals surface area contributed by atoms with Crippen molar-refractivity contribution >= 4 is 17.6 Å². The van der Waals surface area contributed by atoms with Crippen molar-refractivity contribution in [1.82, 2.24) is 9.78 Å². The summed E-state index contributed by atoms with van der Waals surface area (Å²) in [7, 11) is 1.90. The van der Waals surface area contributed by atoms with E-state index in [4.69, 9.17) is 11.6 Å². The van der Waals surface area contributed by atoms with Gasteiger partial charge in [0.25, 0.3) is 0 Å². The van der Waals surface area contributed by atoms with Gasteiger partial charge < -0.3 is 4.74 Å². The highest BCUT2D eigenvalue weighted by molar-refractivity contribution is 6.30. The van der Waals surface area contributed by atoms with Gasteiger partial charge in [-0.25, -0.2) is 4.79 Å². The molecule has 0 atom stereocenters. The minimum absolute atomic E-state index is 0.236. The zero-order valence-electron chi connectivity index (χ0n) is 11.2. The fourth-order valence-electron chi connectivity index (χ4n) is 1.71. The molecule has 1 aliphatic rings. The van der Waals surface area contributed by atoms with Gasteiger partial charge in [0.2, 0.25) is 0 Å². The first-order valence-electron chi connectivity index (χ1n) is 6.16. The van der Waals surface area contributed by atoms with Gasteiger partial charge in [0.1, 0.15) is 0 Å². The molecule has 5 heteroatoms. The van der Waals surface area contributed by atoms with Crippen LogP contribution in [0.25, 0.3) is 11.1 Å². The number of ether oxygens (including phenoxy) is 1. The third-order valence-corrected chi connectivity index (χ3v) is 3.02. The lowest BCUT2D eigenvalue weighted by atomic mass is 10.1. The molecular formula is C15H15ClN2O2. The predicted molar refractivity (Wildman–Crippen MR) is 78.4 cm³/mol. The topological polar surface area (TPSA) is 44.1 Å². The summed E-state index contributed by atoms with van der Waals surface area (Å²) in [6.45, 7) is 3.99. The van der Waals surface area contributed by atoms with E-state index < -0.39 is 0 Å². The first-order valence-corrected chi connectivity index (χ1v) is 6.53. The Bertz CT molecular complexity index is 620. The summed E-state index contributed by atoms with van der Waals surface area (Å²) < 4.78 is 6.30. The van der Waals surface area contributed by atoms with Crippen LogP contribution in [0.2, 0.25) is 5.02 Å². The number of carbonyl (C=O) groups is 1. The average Bonchev–Trinajstić information content (AvgIpc) is 3.00. The molecule has 1 fully saturated rings. The Morgan fingerprint density at radius 1 is 1.40 bits per heavy atom. The second-order valence-electron chi connectivity index (χ2n) is 4.40. The molecule has 0 saturated carbocycles. The lowest BCUT2D eigenvalue weighted by Gasteiger charge is -1.96. The fourth-order valence-corrected chi connectivity index (χ4v) is 1.90. The molecule has 0 bridgehead atoms. The monoisotopic (exact) mass is 290 g/mol. The first-order chi connectivity index (χ1) is 9.56. The Labute approximate surface area is 122 Å². The number of cyclic esters (lactones) is 1. The zero-order valence-corrected chi connectivity index (χ0v) is 11.9. The summed E-state index contributed by atoms with van der Waals surface area (Å²) in [5.41, 5.74) is 2.78. The van der Waals surface area contributed by atoms with Crippen LogP contribution < -0.4 is 0 Å². The number of halogens is 1. The number of rotatable bonds is 1. The second-order valence-corrected chi connectivity index (χ2v) is 4.84. The highest BCUT2D eigenvalue weighted by atomic mass is 35.5. The minimum Gasteiger partial charge on any atom is -0.462 e. The van der Waals surface area contributed by atoms with E-state index in [9.17, 15) is 4.79 Å². The van der Waals surface area contributed by atoms with Crippen molar-refractivity contribution in [3.8, 4) is 11.1 Å². The van der Waals surface area contributed by atoms with Crippen LogP contribution in [-0.4, -0.2) is 22.4 Å². The van der Waals surface area contributed by atoms with E-state index in [1.54, 1.807) is 4.68 Å². The number of carbonyl (C=O) groups excluding carboxylic acids is 1. The number of aromatic nitrogens is 2. The van der Waals surface area contributed by atoms with Crippen molar-refractivity contribution in [1.29, 1.82) is 0 Å². The van der Waals surface area contributed by atoms with Crippen LogP contribution in [0.3, 0.4) is 0 Å². The van der Waals surface area contributed by atoms with E-state index >= 15 is 0 Å². The largest absolute Gasteiger partial charge is 0.462 e. The van der Waals surface area contributed by atoms with Crippen molar-refractivity contribution in [3.05, 3.63) is 53.8 Å². The highest BCUT2D eigenvalue weighted by Crippen LogP contribution is 2.21. The van der Waals surface area contributed by atoms with Gasteiger partial charge in [0.05, 0.1) is 12.8 Å². The van der Waals surface area contributed by atoms with E-state index in [1.807, 2.05) is 43.7 Å². The van der Waals surface area contributed by atoms with Crippen molar-refractivity contribution in [2.45, 2.75) is 6.42 Å². The van der Waals surface area contributed by atoms with Crippen LogP contribution in [0.15, 0.2) is 48.8 Å². The van der Waals surface area contributed by atoms with Crippen LogP contribution >= 0.6 is 11.6 Å². The molecule has 0 aliphatic carbocycles. The molecule has 104 valence electrons. The molecule has 4 nitrogen and oxygen atoms in total. The maximum absolute atomic E-state index is 10.3. The van der Waals surface area contributed by atoms with Crippen molar-refractivity contribution in [3.63, 3.8) is 0 Å². The van der Waals surface area contributed by atoms with E-state index in [2.05, 4.69) is 16.4 Å². The number of aryl methyl sites for hydroxylation is 1. The van der Waals surface area contributed by atoms with Crippen LogP contribution in [0.1, 0.15) is 6.42 Å². The standard InChI is InChI=1S/C10H9ClN2.C5H6O2/c1-13-7-9(6-12-13)8-3-2-4-10(11)5-8;1-4-2-3-7-5(4)6/h2-7H,1H3;1-3H2. The molecule has 3 rings (SSSR count). The Balaban J connectivity index is 0.000000178. The van der Waals surface area contributed by atoms with Crippen molar-refractivity contribution in [2.75, 3.05) is 6.61 Å². The number of hydrogen-bond acceptors (Lipinski definition) is 3. The van der Waals surface area contributed by atoms with Gasteiger partial charge in [-0.3, -0.25) is 4.68 Å². The molecule has 0 spiro atoms. The van der Waals surface area contributed by atoms with Gasteiger partial charge in [-0.15, -0.1) is 0 Å². The Morgan fingerprint density at radius 2 is 2.20 bits per heavy atom. The molecule has 0 radical (unpaired) electrons. The predicted octanol–water partition coefficient (Wildman–Crippen LogP) is 3.23. The smallest absolute Gasteiger partial charge is 0.333 e. The first kappa shape index (κ1) is 14.3. The van der Waals surface area contributed by atoms with Gasteiger partial charge in [0, 0.05) is 35.8 Å². The number of hydrogen-bond donors (Lipinski definition) is 0. The number of benzene rings is 1. The lowest BCUT2D eigenvalue weighted by molar-refractivity contribution is -0.135. The second kappa shape index (κ2) is 6.39. The van der Waals surface area contributed by atoms with E-state index in [0.717, 1.165) is 16.1 Å². The molecule has 0 unspecified atom stereocenters. The lowest BCUT2D eigenvalue weighted by Crippen LogP contribution is -1.91. The normalized spacial score (nSPS) is 13.7. The summed E-state index contributed by atoms with van der Waals surface area (Å²) in [6, 6.07) is 7.74. The molecule has 2 heterocycles. The van der Waals surface area contributed by atoms with Gasteiger partial charge in [0.15, 0.2) is 0 Å². The zero-order chi connectivity index (χ0) is 14.5. The minimum atomic E-state index is -0.236. The molecule has 1 saturated heterocycles. The van der Waals surface area contributed by atoms with Crippen molar-refractivity contribution in [2.24, 2.45) is 7.05 Å². The van der Waals surface area contributed by atoms with Crippen LogP contribution in [0, 0.1) is 0 Å². The maximum Gasteiger partial charge on any atom is 0.333 e. The summed E-state index contributed by atoms with van der Waals surface area (Å²) >= 11 is 5.87. The van der Waals surface area contributed by atoms with E-state index in [-0.39, 0.29) is 5.97 Å². The summed E-state index contributed by atoms with van der Waals surface area (Å²) in [5, 5.41) is 4.85. The van der Waals surface area contributed by atoms with Gasteiger partial charge in [-0.2, -0.15) is 5.10 Å². The van der Waals surface area contributed by atoms with Crippen LogP contribution in [0.4, 0.5) is 0 Å². The Hall–Kier alpha value is -2.07. The SMILES string of the molecule is C=C1CCOC1=O.Cn1cc(-c2cccc(Cl)c2)cn1. The van der Waals surface area contributed by atoms with Gasteiger partial charge in [-0.05, 0) is 17.7 Å². The quantitative estimate of drug-likeness (QED) is 0.598. The Morgan fingerprint density at radius 3 is 2.65 bits per heavy atom. The van der Waals surface area contributed by atoms with Gasteiger partial charge >= 0.3 is 5.97 Å². The van der Waals surface area contributed by atoms with Crippen LogP contribution in [-0.2, 0) is 16.6 Å². The molecule has 20 heavy (non-hydrogen) atoms.